The van der Waals surface area contributed by atoms with Gasteiger partial charge < -0.3 is 0 Å². The van der Waals surface area contributed by atoms with Gasteiger partial charge in [0.2, 0.25) is 0 Å². The zero-order valence-corrected chi connectivity index (χ0v) is 12.1. The van der Waals surface area contributed by atoms with E-state index in [4.69, 9.17) is 0 Å². The zero-order valence-electron chi connectivity index (χ0n) is 12.1. The van der Waals surface area contributed by atoms with Crippen molar-refractivity contribution in [2.45, 2.75) is 72.6 Å². The zero-order chi connectivity index (χ0) is 12.7. The monoisotopic (exact) mass is 232 g/mol. The van der Waals surface area contributed by atoms with Crippen molar-refractivity contribution in [3.63, 3.8) is 0 Å². The quantitative estimate of drug-likeness (QED) is 0.543. The van der Waals surface area contributed by atoms with Crippen molar-refractivity contribution < 1.29 is 0 Å². The molecule has 1 rings (SSSR count). The van der Waals surface area contributed by atoms with Gasteiger partial charge in [-0.2, -0.15) is 0 Å². The van der Waals surface area contributed by atoms with Crippen molar-refractivity contribution in [3.8, 4) is 0 Å². The first-order valence-corrected chi connectivity index (χ1v) is 7.22. The summed E-state index contributed by atoms with van der Waals surface area (Å²) in [5.74, 6) is 0. The van der Waals surface area contributed by atoms with E-state index in [1.807, 2.05) is 0 Å². The molecular weight excluding hydrogens is 204 g/mol. The van der Waals surface area contributed by atoms with Crippen LogP contribution in [0.25, 0.3) is 0 Å². The highest BCUT2D eigenvalue weighted by Gasteiger charge is 2.03. The van der Waals surface area contributed by atoms with Gasteiger partial charge in [-0.1, -0.05) is 51.2 Å². The number of benzene rings is 1. The summed E-state index contributed by atoms with van der Waals surface area (Å²) in [5.41, 5.74) is 5.98. The van der Waals surface area contributed by atoms with Gasteiger partial charge in [-0.25, -0.2) is 0 Å². The fourth-order valence-corrected chi connectivity index (χ4v) is 2.38. The van der Waals surface area contributed by atoms with Crippen LogP contribution in [0.5, 0.6) is 0 Å². The third-order valence-corrected chi connectivity index (χ3v) is 3.97. The minimum Gasteiger partial charge on any atom is -0.0654 e. The van der Waals surface area contributed by atoms with Crippen molar-refractivity contribution in [3.05, 3.63) is 34.4 Å². The molecule has 0 saturated heterocycles. The van der Waals surface area contributed by atoms with E-state index in [1.165, 1.54) is 61.6 Å². The van der Waals surface area contributed by atoms with E-state index in [2.05, 4.69) is 39.8 Å². The van der Waals surface area contributed by atoms with Gasteiger partial charge in [0.25, 0.3) is 0 Å². The molecule has 0 bridgehead atoms. The molecule has 0 aliphatic carbocycles. The standard InChI is InChI=1S/C17H28/c1-5-6-7-8-9-10-11-17-13-12-14(2)15(3)16(17)4/h12-13H,5-11H2,1-4H3. The fourth-order valence-electron chi connectivity index (χ4n) is 2.38. The summed E-state index contributed by atoms with van der Waals surface area (Å²) in [4.78, 5) is 0. The lowest BCUT2D eigenvalue weighted by molar-refractivity contribution is 0.607. The Balaban J connectivity index is 2.35. The van der Waals surface area contributed by atoms with E-state index in [-0.39, 0.29) is 0 Å². The van der Waals surface area contributed by atoms with Crippen LogP contribution in [0.2, 0.25) is 0 Å². The molecule has 0 aromatic heterocycles. The molecule has 0 saturated carbocycles. The Morgan fingerprint density at radius 3 is 2.12 bits per heavy atom. The molecular formula is C17H28. The highest BCUT2D eigenvalue weighted by Crippen LogP contribution is 2.19. The first-order valence-electron chi connectivity index (χ1n) is 7.22. The lowest BCUT2D eigenvalue weighted by atomic mass is 9.95. The van der Waals surface area contributed by atoms with Crippen molar-refractivity contribution in [2.75, 3.05) is 0 Å². The molecule has 0 spiro atoms. The lowest BCUT2D eigenvalue weighted by Crippen LogP contribution is -1.95. The van der Waals surface area contributed by atoms with Crippen molar-refractivity contribution >= 4 is 0 Å². The van der Waals surface area contributed by atoms with E-state index >= 15 is 0 Å². The first kappa shape index (κ1) is 14.3. The van der Waals surface area contributed by atoms with E-state index in [0.29, 0.717) is 0 Å². The molecule has 1 aromatic rings. The summed E-state index contributed by atoms with van der Waals surface area (Å²) in [7, 11) is 0. The Morgan fingerprint density at radius 2 is 1.41 bits per heavy atom. The molecule has 0 heteroatoms. The summed E-state index contributed by atoms with van der Waals surface area (Å²) in [6, 6.07) is 4.60. The van der Waals surface area contributed by atoms with Crippen molar-refractivity contribution in [1.29, 1.82) is 0 Å². The normalized spacial score (nSPS) is 10.8. The van der Waals surface area contributed by atoms with Crippen LogP contribution in [-0.4, -0.2) is 0 Å². The Kier molecular flexibility index (Phi) is 6.32. The molecule has 0 atom stereocenters. The van der Waals surface area contributed by atoms with Gasteiger partial charge in [-0.15, -0.1) is 0 Å². The van der Waals surface area contributed by atoms with Crippen LogP contribution in [0.3, 0.4) is 0 Å². The maximum absolute atomic E-state index is 2.32. The van der Waals surface area contributed by atoms with Gasteiger partial charge in [0, 0.05) is 0 Å². The molecule has 0 aliphatic heterocycles. The number of hydrogen-bond acceptors (Lipinski definition) is 0. The molecule has 0 aliphatic rings. The second kappa shape index (κ2) is 7.53. The van der Waals surface area contributed by atoms with Crippen molar-refractivity contribution in [1.82, 2.24) is 0 Å². The van der Waals surface area contributed by atoms with Gasteiger partial charge in [-0.3, -0.25) is 0 Å². The van der Waals surface area contributed by atoms with Gasteiger partial charge >= 0.3 is 0 Å². The molecule has 17 heavy (non-hydrogen) atoms. The number of unbranched alkanes of at least 4 members (excludes halogenated alkanes) is 5. The first-order chi connectivity index (χ1) is 8.16. The van der Waals surface area contributed by atoms with E-state index < -0.39 is 0 Å². The fraction of sp³-hybridized carbons (Fsp3) is 0.647. The third kappa shape index (κ3) is 4.53. The summed E-state index contributed by atoms with van der Waals surface area (Å²) in [6.45, 7) is 9.00. The maximum Gasteiger partial charge on any atom is -0.0276 e. The Hall–Kier alpha value is -0.780. The number of rotatable bonds is 7. The average molecular weight is 232 g/mol. The van der Waals surface area contributed by atoms with Crippen LogP contribution in [-0.2, 0) is 6.42 Å². The molecule has 0 radical (unpaired) electrons. The summed E-state index contributed by atoms with van der Waals surface area (Å²) >= 11 is 0. The molecule has 0 fully saturated rings. The summed E-state index contributed by atoms with van der Waals surface area (Å²) < 4.78 is 0. The Morgan fingerprint density at radius 1 is 0.765 bits per heavy atom. The van der Waals surface area contributed by atoms with E-state index in [1.54, 1.807) is 5.56 Å². The topological polar surface area (TPSA) is 0 Å². The second-order valence-electron chi connectivity index (χ2n) is 5.31. The van der Waals surface area contributed by atoms with Crippen LogP contribution >= 0.6 is 0 Å². The maximum atomic E-state index is 2.32. The van der Waals surface area contributed by atoms with E-state index in [0.717, 1.165) is 0 Å². The molecule has 0 amide bonds. The second-order valence-corrected chi connectivity index (χ2v) is 5.31. The summed E-state index contributed by atoms with van der Waals surface area (Å²) in [5, 5.41) is 0. The largest absolute Gasteiger partial charge is 0.0654 e. The van der Waals surface area contributed by atoms with E-state index in [9.17, 15) is 0 Å². The van der Waals surface area contributed by atoms with Gasteiger partial charge in [-0.05, 0) is 55.9 Å². The van der Waals surface area contributed by atoms with Crippen LogP contribution in [0.4, 0.5) is 0 Å². The molecule has 0 nitrogen and oxygen atoms in total. The molecule has 0 heterocycles. The molecule has 0 unspecified atom stereocenters. The van der Waals surface area contributed by atoms with Crippen LogP contribution in [0.1, 0.15) is 67.7 Å². The van der Waals surface area contributed by atoms with Crippen LogP contribution in [0, 0.1) is 20.8 Å². The molecule has 1 aromatic carbocycles. The predicted molar refractivity (Wildman–Crippen MR) is 77.7 cm³/mol. The lowest BCUT2D eigenvalue weighted by Gasteiger charge is -2.11. The highest BCUT2D eigenvalue weighted by molar-refractivity contribution is 5.38. The minimum atomic E-state index is 1.26. The minimum absolute atomic E-state index is 1.26. The predicted octanol–water partition coefficient (Wildman–Crippen LogP) is 5.51. The Labute approximate surface area is 107 Å². The van der Waals surface area contributed by atoms with Crippen LogP contribution in [0.15, 0.2) is 12.1 Å². The average Bonchev–Trinajstić information content (AvgIpc) is 2.33. The molecule has 96 valence electrons. The van der Waals surface area contributed by atoms with Gasteiger partial charge in [0.15, 0.2) is 0 Å². The smallest absolute Gasteiger partial charge is 0.0276 e. The van der Waals surface area contributed by atoms with Gasteiger partial charge in [0.05, 0.1) is 0 Å². The third-order valence-electron chi connectivity index (χ3n) is 3.97. The van der Waals surface area contributed by atoms with Gasteiger partial charge in [0.1, 0.15) is 0 Å². The SMILES string of the molecule is CCCCCCCCc1ccc(C)c(C)c1C. The molecule has 0 N–H and O–H groups in total. The van der Waals surface area contributed by atoms with Crippen molar-refractivity contribution in [2.24, 2.45) is 0 Å². The summed E-state index contributed by atoms with van der Waals surface area (Å²) in [6.07, 6.45) is 9.59. The Bertz CT molecular complexity index is 336. The number of aryl methyl sites for hydroxylation is 2. The van der Waals surface area contributed by atoms with Crippen LogP contribution < -0.4 is 0 Å². The highest BCUT2D eigenvalue weighted by atomic mass is 14.1. The number of hydrogen-bond donors (Lipinski definition) is 0.